The number of nitro benzene ring substituents is 3. The minimum atomic E-state index is -1.12. The van der Waals surface area contributed by atoms with Crippen molar-refractivity contribution < 1.29 is 24.2 Å². The van der Waals surface area contributed by atoms with Crippen molar-refractivity contribution in [2.75, 3.05) is 32.7 Å². The first-order valence-corrected chi connectivity index (χ1v) is 7.08. The normalized spacial score (nSPS) is 10.8. The fraction of sp³-hybridized carbons (Fsp3) is 0.455. The van der Waals surface area contributed by atoms with E-state index in [1.807, 2.05) is 0 Å². The first kappa shape index (κ1) is 20.8. The first-order valence-electron chi connectivity index (χ1n) is 6.33. The van der Waals surface area contributed by atoms with E-state index >= 15 is 0 Å². The minimum Gasteiger partial charge on any atom is -0.358 e. The van der Waals surface area contributed by atoms with Crippen LogP contribution >= 0.6 is 23.2 Å². The summed E-state index contributed by atoms with van der Waals surface area (Å²) in [5, 5.41) is 32.0. The second kappa shape index (κ2) is 8.20. The van der Waals surface area contributed by atoms with E-state index in [0.717, 1.165) is 4.90 Å². The Morgan fingerprint density at radius 2 is 1.28 bits per heavy atom. The van der Waals surface area contributed by atoms with Crippen LogP contribution in [0.4, 0.5) is 22.7 Å². The van der Waals surface area contributed by atoms with Gasteiger partial charge < -0.3 is 14.4 Å². The highest BCUT2D eigenvalue weighted by molar-refractivity contribution is 6.42. The van der Waals surface area contributed by atoms with E-state index in [4.69, 9.17) is 32.7 Å². The van der Waals surface area contributed by atoms with Gasteiger partial charge in [-0.2, -0.15) is 0 Å². The summed E-state index contributed by atoms with van der Waals surface area (Å²) in [5.41, 5.74) is -3.75. The number of anilines is 1. The van der Waals surface area contributed by atoms with Crippen molar-refractivity contribution in [1.29, 1.82) is 0 Å². The van der Waals surface area contributed by atoms with Gasteiger partial charge >= 0.3 is 17.1 Å². The summed E-state index contributed by atoms with van der Waals surface area (Å²) in [5.74, 6) is 0. The van der Waals surface area contributed by atoms with Gasteiger partial charge in [0.25, 0.3) is 0 Å². The third-order valence-electron chi connectivity index (χ3n) is 3.16. The monoisotopic (exact) mass is 398 g/mol. The number of methoxy groups -OCH3 is 2. The summed E-state index contributed by atoms with van der Waals surface area (Å²) in [6, 6.07) is 0. The lowest BCUT2D eigenvalue weighted by Crippen LogP contribution is -2.32. The fourth-order valence-electron chi connectivity index (χ4n) is 2.06. The Hall–Kier alpha value is -2.28. The second-order valence-corrected chi connectivity index (χ2v) is 5.33. The lowest BCUT2D eigenvalue weighted by molar-refractivity contribution is -0.401. The number of hydrogen-bond donors (Lipinski definition) is 0. The lowest BCUT2D eigenvalue weighted by atomic mass is 10.1. The average molecular weight is 399 g/mol. The van der Waals surface area contributed by atoms with E-state index in [2.05, 4.69) is 0 Å². The Bertz CT molecular complexity index is 684. The third-order valence-corrected chi connectivity index (χ3v) is 3.87. The molecule has 0 fully saturated rings. The zero-order valence-electron chi connectivity index (χ0n) is 13.1. The topological polar surface area (TPSA) is 151 Å². The number of nitro groups is 3. The molecule has 0 N–H and O–H groups in total. The van der Waals surface area contributed by atoms with Crippen molar-refractivity contribution in [2.45, 2.75) is 6.29 Å². The molecular weight excluding hydrogens is 387 g/mol. The van der Waals surface area contributed by atoms with E-state index in [1.54, 1.807) is 0 Å². The van der Waals surface area contributed by atoms with E-state index in [1.165, 1.54) is 21.3 Å². The number of benzene rings is 1. The maximum atomic E-state index is 11.4. The van der Waals surface area contributed by atoms with Gasteiger partial charge in [-0.3, -0.25) is 30.3 Å². The number of ether oxygens (including phenoxy) is 2. The molecule has 0 spiro atoms. The van der Waals surface area contributed by atoms with Gasteiger partial charge in [0.15, 0.2) is 12.0 Å². The number of halogens is 2. The quantitative estimate of drug-likeness (QED) is 0.365. The van der Waals surface area contributed by atoms with Crippen LogP contribution in [0.2, 0.25) is 10.0 Å². The van der Waals surface area contributed by atoms with Crippen LogP contribution in [0, 0.1) is 30.3 Å². The number of hydrogen-bond acceptors (Lipinski definition) is 9. The van der Waals surface area contributed by atoms with Gasteiger partial charge in [-0.1, -0.05) is 23.2 Å². The van der Waals surface area contributed by atoms with Gasteiger partial charge in [-0.05, 0) is 0 Å². The molecular formula is C11H12Cl2N4O8. The fourth-order valence-corrected chi connectivity index (χ4v) is 2.75. The van der Waals surface area contributed by atoms with E-state index in [9.17, 15) is 30.3 Å². The van der Waals surface area contributed by atoms with Crippen molar-refractivity contribution in [1.82, 2.24) is 0 Å². The summed E-state index contributed by atoms with van der Waals surface area (Å²) in [7, 11) is 3.85. The maximum Gasteiger partial charge on any atom is 0.325 e. The predicted molar refractivity (Wildman–Crippen MR) is 87.5 cm³/mol. The molecule has 0 atom stereocenters. The molecule has 0 unspecified atom stereocenters. The molecule has 1 rings (SSSR count). The summed E-state index contributed by atoms with van der Waals surface area (Å²) < 4.78 is 9.87. The molecule has 14 heteroatoms. The first-order chi connectivity index (χ1) is 11.6. The number of likely N-dealkylation sites (N-methyl/N-ethyl adjacent to an activating group) is 1. The molecule has 0 heterocycles. The Labute approximate surface area is 150 Å². The summed E-state index contributed by atoms with van der Waals surface area (Å²) in [6.07, 6.45) is -0.892. The van der Waals surface area contributed by atoms with Crippen LogP contribution in [-0.2, 0) is 9.47 Å². The second-order valence-electron chi connectivity index (χ2n) is 4.58. The highest BCUT2D eigenvalue weighted by Gasteiger charge is 2.42. The molecule has 0 aliphatic rings. The Morgan fingerprint density at radius 1 is 0.920 bits per heavy atom. The molecule has 0 saturated carbocycles. The molecule has 12 nitrogen and oxygen atoms in total. The molecule has 0 saturated heterocycles. The van der Waals surface area contributed by atoms with Gasteiger partial charge in [-0.25, -0.2) is 0 Å². The van der Waals surface area contributed by atoms with Gasteiger partial charge in [-0.15, -0.1) is 0 Å². The molecule has 25 heavy (non-hydrogen) atoms. The molecule has 1 aromatic rings. The molecule has 138 valence electrons. The van der Waals surface area contributed by atoms with Crippen LogP contribution < -0.4 is 4.90 Å². The van der Waals surface area contributed by atoms with Crippen LogP contribution in [0.25, 0.3) is 0 Å². The van der Waals surface area contributed by atoms with Crippen LogP contribution in [0.15, 0.2) is 0 Å². The smallest absolute Gasteiger partial charge is 0.325 e. The standard InChI is InChI=1S/C11H12Cl2N4O8/c1-14(4-5(24-2)25-3)11-9(16(20)21)6(12)8(15(18)19)7(13)10(11)17(22)23/h5H,4H2,1-3H3. The molecule has 0 aromatic heterocycles. The van der Waals surface area contributed by atoms with Crippen molar-refractivity contribution in [3.05, 3.63) is 40.4 Å². The lowest BCUT2D eigenvalue weighted by Gasteiger charge is -2.23. The molecule has 0 radical (unpaired) electrons. The Balaban J connectivity index is 3.83. The summed E-state index contributed by atoms with van der Waals surface area (Å²) in [6.45, 7) is -0.181. The zero-order chi connectivity index (χ0) is 19.5. The van der Waals surface area contributed by atoms with Gasteiger partial charge in [0, 0.05) is 21.3 Å². The summed E-state index contributed by atoms with van der Waals surface area (Å²) in [4.78, 5) is 31.6. The van der Waals surface area contributed by atoms with Crippen LogP contribution in [0.5, 0.6) is 0 Å². The van der Waals surface area contributed by atoms with E-state index < -0.39 is 53.9 Å². The number of rotatable bonds is 8. The zero-order valence-corrected chi connectivity index (χ0v) is 14.6. The highest BCUT2D eigenvalue weighted by atomic mass is 35.5. The van der Waals surface area contributed by atoms with Crippen molar-refractivity contribution in [3.63, 3.8) is 0 Å². The van der Waals surface area contributed by atoms with Crippen molar-refractivity contribution >= 4 is 46.0 Å². The summed E-state index contributed by atoms with van der Waals surface area (Å²) >= 11 is 11.5. The largest absolute Gasteiger partial charge is 0.358 e. The molecule has 0 amide bonds. The van der Waals surface area contributed by atoms with E-state index in [0.29, 0.717) is 0 Å². The Kier molecular flexibility index (Phi) is 6.81. The van der Waals surface area contributed by atoms with Gasteiger partial charge in [0.1, 0.15) is 0 Å². The van der Waals surface area contributed by atoms with Gasteiger partial charge in [0.05, 0.1) is 21.3 Å². The predicted octanol–water partition coefficient (Wildman–Crippen LogP) is 2.77. The van der Waals surface area contributed by atoms with Crippen LogP contribution in [0.1, 0.15) is 0 Å². The molecule has 1 aromatic carbocycles. The van der Waals surface area contributed by atoms with Crippen molar-refractivity contribution in [3.8, 4) is 0 Å². The Morgan fingerprint density at radius 3 is 1.56 bits per heavy atom. The molecule has 0 aliphatic heterocycles. The third kappa shape index (κ3) is 4.04. The minimum absolute atomic E-state index is 0.181. The molecule has 0 aliphatic carbocycles. The van der Waals surface area contributed by atoms with Gasteiger partial charge in [0.2, 0.25) is 10.0 Å². The molecule has 0 bridgehead atoms. The van der Waals surface area contributed by atoms with Crippen LogP contribution in [-0.4, -0.2) is 48.9 Å². The average Bonchev–Trinajstić information content (AvgIpc) is 2.50. The maximum absolute atomic E-state index is 11.4. The van der Waals surface area contributed by atoms with Crippen LogP contribution in [0.3, 0.4) is 0 Å². The SMILES string of the molecule is COC(CN(C)c1c([N+](=O)[O-])c(Cl)c([N+](=O)[O-])c(Cl)c1[N+](=O)[O-])OC. The van der Waals surface area contributed by atoms with E-state index in [-0.39, 0.29) is 6.54 Å². The highest BCUT2D eigenvalue weighted by Crippen LogP contribution is 2.52. The number of nitrogens with zero attached hydrogens (tertiary/aromatic N) is 4. The van der Waals surface area contributed by atoms with Crippen molar-refractivity contribution in [2.24, 2.45) is 0 Å².